The van der Waals surface area contributed by atoms with Gasteiger partial charge in [0, 0.05) is 17.4 Å². The molecule has 0 amide bonds. The van der Waals surface area contributed by atoms with Gasteiger partial charge in [-0.15, -0.1) is 0 Å². The number of carbonyl (C=O) groups excluding carboxylic acids is 1. The van der Waals surface area contributed by atoms with Gasteiger partial charge in [0.15, 0.2) is 5.78 Å². The molecule has 1 saturated carbocycles. The molecule has 1 aliphatic rings. The third-order valence-corrected chi connectivity index (χ3v) is 4.18. The van der Waals surface area contributed by atoms with Crippen molar-refractivity contribution < 1.29 is 4.79 Å². The minimum Gasteiger partial charge on any atom is -0.294 e. The summed E-state index contributed by atoms with van der Waals surface area (Å²) in [6.07, 6.45) is 8.27. The standard InChI is InChI=1S/C21H19O/c1-16(21(22)19-14-6-3-7-15-19)20(18-12-8-9-13-18)17-10-4-2-5-11-17/h2-16,20H,1H3/t16-,20+/m1/s1. The summed E-state index contributed by atoms with van der Waals surface area (Å²) >= 11 is 0. The molecule has 3 rings (SSSR count). The molecule has 0 aromatic heterocycles. The van der Waals surface area contributed by atoms with Crippen LogP contribution in [0.25, 0.3) is 0 Å². The van der Waals surface area contributed by atoms with Gasteiger partial charge in [-0.1, -0.05) is 67.6 Å². The summed E-state index contributed by atoms with van der Waals surface area (Å²) in [7, 11) is 0. The van der Waals surface area contributed by atoms with E-state index in [-0.39, 0.29) is 17.6 Å². The highest BCUT2D eigenvalue weighted by molar-refractivity contribution is 5.98. The van der Waals surface area contributed by atoms with Gasteiger partial charge in [0.05, 0.1) is 0 Å². The first-order valence-electron chi connectivity index (χ1n) is 7.63. The molecule has 0 unspecified atom stereocenters. The number of hydrogen-bond donors (Lipinski definition) is 0. The highest BCUT2D eigenvalue weighted by Gasteiger charge is 2.35. The zero-order valence-electron chi connectivity index (χ0n) is 12.6. The molecule has 1 aliphatic carbocycles. The van der Waals surface area contributed by atoms with Gasteiger partial charge in [-0.2, -0.15) is 0 Å². The summed E-state index contributed by atoms with van der Waals surface area (Å²) in [6.45, 7) is 2.03. The third kappa shape index (κ3) is 3.14. The van der Waals surface area contributed by atoms with Gasteiger partial charge < -0.3 is 0 Å². The van der Waals surface area contributed by atoms with E-state index in [1.165, 1.54) is 11.5 Å². The van der Waals surface area contributed by atoms with E-state index < -0.39 is 0 Å². The monoisotopic (exact) mass is 287 g/mol. The summed E-state index contributed by atoms with van der Waals surface area (Å²) in [5.41, 5.74) is 1.97. The summed E-state index contributed by atoms with van der Waals surface area (Å²) in [5.74, 6) is 1.37. The lowest BCUT2D eigenvalue weighted by Crippen LogP contribution is -2.24. The zero-order valence-corrected chi connectivity index (χ0v) is 12.6. The van der Waals surface area contributed by atoms with Crippen LogP contribution in [-0.2, 0) is 0 Å². The molecule has 0 heterocycles. The van der Waals surface area contributed by atoms with Crippen LogP contribution in [0.3, 0.4) is 0 Å². The lowest BCUT2D eigenvalue weighted by atomic mass is 9.74. The minimum absolute atomic E-state index is 0.0870. The molecular formula is C21H19O. The van der Waals surface area contributed by atoms with Crippen LogP contribution >= 0.6 is 0 Å². The molecular weight excluding hydrogens is 268 g/mol. The molecule has 1 fully saturated rings. The van der Waals surface area contributed by atoms with Gasteiger partial charge in [0.1, 0.15) is 0 Å². The van der Waals surface area contributed by atoms with Crippen LogP contribution in [0, 0.1) is 37.5 Å². The van der Waals surface area contributed by atoms with Crippen LogP contribution in [0.15, 0.2) is 60.7 Å². The number of benzene rings is 2. The Labute approximate surface area is 133 Å². The van der Waals surface area contributed by atoms with E-state index in [0.717, 1.165) is 5.56 Å². The molecule has 2 aromatic rings. The molecule has 2 atom stereocenters. The van der Waals surface area contributed by atoms with E-state index in [1.54, 1.807) is 0 Å². The first-order chi connectivity index (χ1) is 10.8. The molecule has 22 heavy (non-hydrogen) atoms. The number of Topliss-reactive ketones (excluding diaryl/α,β-unsaturated/α-hetero) is 1. The van der Waals surface area contributed by atoms with E-state index in [2.05, 4.69) is 25.0 Å². The Bertz CT molecular complexity index is 596. The van der Waals surface area contributed by atoms with Crippen molar-refractivity contribution in [2.45, 2.75) is 12.8 Å². The largest absolute Gasteiger partial charge is 0.294 e. The summed E-state index contributed by atoms with van der Waals surface area (Å²) in [5, 5.41) is 0. The van der Waals surface area contributed by atoms with Crippen LogP contribution in [-0.4, -0.2) is 5.78 Å². The maximum Gasteiger partial charge on any atom is 0.166 e. The zero-order chi connectivity index (χ0) is 15.4. The highest BCUT2D eigenvalue weighted by Crippen LogP contribution is 2.42. The highest BCUT2D eigenvalue weighted by atomic mass is 16.1. The lowest BCUT2D eigenvalue weighted by Gasteiger charge is -2.28. The molecule has 109 valence electrons. The number of ketones is 1. The first-order valence-corrected chi connectivity index (χ1v) is 7.63. The maximum atomic E-state index is 12.9. The predicted octanol–water partition coefficient (Wildman–Crippen LogP) is 4.69. The molecule has 1 nitrogen and oxygen atoms in total. The Kier molecular flexibility index (Phi) is 4.72. The van der Waals surface area contributed by atoms with E-state index in [4.69, 9.17) is 0 Å². The van der Waals surface area contributed by atoms with Crippen LogP contribution in [0.4, 0.5) is 0 Å². The maximum absolute atomic E-state index is 12.9. The van der Waals surface area contributed by atoms with Crippen molar-refractivity contribution in [1.29, 1.82) is 0 Å². The third-order valence-electron chi connectivity index (χ3n) is 4.18. The van der Waals surface area contributed by atoms with Crippen LogP contribution in [0.1, 0.15) is 28.8 Å². The Morgan fingerprint density at radius 1 is 0.818 bits per heavy atom. The minimum atomic E-state index is -0.104. The van der Waals surface area contributed by atoms with Crippen LogP contribution < -0.4 is 0 Å². The van der Waals surface area contributed by atoms with Gasteiger partial charge in [0.25, 0.3) is 0 Å². The Balaban J connectivity index is 1.90. The quantitative estimate of drug-likeness (QED) is 0.729. The Morgan fingerprint density at radius 3 is 1.95 bits per heavy atom. The summed E-state index contributed by atoms with van der Waals surface area (Å²) < 4.78 is 0. The fourth-order valence-electron chi connectivity index (χ4n) is 3.04. The Morgan fingerprint density at radius 2 is 1.36 bits per heavy atom. The lowest BCUT2D eigenvalue weighted by molar-refractivity contribution is 0.0915. The molecule has 0 saturated heterocycles. The van der Waals surface area contributed by atoms with E-state index in [0.29, 0.717) is 0 Å². The summed E-state index contributed by atoms with van der Waals surface area (Å²) in [4.78, 5) is 12.9. The topological polar surface area (TPSA) is 17.1 Å². The predicted molar refractivity (Wildman–Crippen MR) is 89.6 cm³/mol. The van der Waals surface area contributed by atoms with Crippen LogP contribution in [0.2, 0.25) is 0 Å². The number of rotatable bonds is 5. The second kappa shape index (κ2) is 6.91. The number of carbonyl (C=O) groups is 1. The van der Waals surface area contributed by atoms with Crippen molar-refractivity contribution >= 4 is 5.78 Å². The molecule has 2 aromatic carbocycles. The van der Waals surface area contributed by atoms with Crippen molar-refractivity contribution in [3.8, 4) is 0 Å². The molecule has 0 bridgehead atoms. The van der Waals surface area contributed by atoms with Crippen molar-refractivity contribution in [1.82, 2.24) is 0 Å². The molecule has 0 N–H and O–H groups in total. The van der Waals surface area contributed by atoms with E-state index in [1.807, 2.05) is 68.3 Å². The van der Waals surface area contributed by atoms with Crippen molar-refractivity contribution in [3.63, 3.8) is 0 Å². The van der Waals surface area contributed by atoms with Gasteiger partial charge in [-0.25, -0.2) is 0 Å². The number of hydrogen-bond acceptors (Lipinski definition) is 1. The fraction of sp³-hybridized carbons (Fsp3) is 0.143. The van der Waals surface area contributed by atoms with Gasteiger partial charge in [0.2, 0.25) is 0 Å². The molecule has 1 heteroatoms. The first kappa shape index (κ1) is 15.0. The molecule has 0 spiro atoms. The SMILES string of the molecule is C[C@@H](C(=O)c1ccccc1)[C@H]([C]1[CH][CH][CH][CH]1)c1ccccc1. The second-order valence-electron chi connectivity index (χ2n) is 5.63. The van der Waals surface area contributed by atoms with Gasteiger partial charge >= 0.3 is 0 Å². The molecule has 0 aliphatic heterocycles. The average Bonchev–Trinajstić information content (AvgIpc) is 3.10. The fourth-order valence-corrected chi connectivity index (χ4v) is 3.04. The van der Waals surface area contributed by atoms with Gasteiger partial charge in [-0.3, -0.25) is 4.79 Å². The summed E-state index contributed by atoms with van der Waals surface area (Å²) in [6, 6.07) is 19.8. The van der Waals surface area contributed by atoms with Crippen molar-refractivity contribution in [2.24, 2.45) is 5.92 Å². The smallest absolute Gasteiger partial charge is 0.166 e. The van der Waals surface area contributed by atoms with Crippen molar-refractivity contribution in [2.75, 3.05) is 0 Å². The molecule has 5 radical (unpaired) electrons. The van der Waals surface area contributed by atoms with Crippen LogP contribution in [0.5, 0.6) is 0 Å². The Hall–Kier alpha value is -1.89. The normalized spacial score (nSPS) is 18.0. The van der Waals surface area contributed by atoms with Crippen molar-refractivity contribution in [3.05, 3.63) is 103 Å². The van der Waals surface area contributed by atoms with E-state index in [9.17, 15) is 4.79 Å². The van der Waals surface area contributed by atoms with E-state index >= 15 is 0 Å². The van der Waals surface area contributed by atoms with Gasteiger partial charge in [-0.05, 0) is 37.2 Å². The average molecular weight is 287 g/mol. The second-order valence-corrected chi connectivity index (χ2v) is 5.63.